The Morgan fingerprint density at radius 3 is 2.71 bits per heavy atom. The Hall–Kier alpha value is -1.00. The number of amides is 1. The third kappa shape index (κ3) is 6.10. The third-order valence-electron chi connectivity index (χ3n) is 3.86. The van der Waals surface area contributed by atoms with Crippen LogP contribution in [-0.2, 0) is 10.5 Å². The molecule has 0 aliphatic carbocycles. The molecule has 1 aromatic rings. The van der Waals surface area contributed by atoms with E-state index in [0.717, 1.165) is 25.3 Å². The number of rotatable bonds is 8. The highest BCUT2D eigenvalue weighted by Crippen LogP contribution is 2.17. The molecule has 1 unspecified atom stereocenters. The molecular weight excluding hydrogens is 280 g/mol. The molecule has 0 aromatic heterocycles. The molecule has 1 aliphatic heterocycles. The van der Waals surface area contributed by atoms with Gasteiger partial charge in [-0.1, -0.05) is 30.3 Å². The van der Waals surface area contributed by atoms with Crippen LogP contribution in [-0.4, -0.2) is 42.2 Å². The molecule has 116 valence electrons. The fourth-order valence-electron chi connectivity index (χ4n) is 2.54. The second-order valence-electron chi connectivity index (χ2n) is 5.63. The second kappa shape index (κ2) is 9.11. The van der Waals surface area contributed by atoms with Gasteiger partial charge in [-0.2, -0.15) is 0 Å². The number of nitrogens with zero attached hydrogens (tertiary/aromatic N) is 1. The maximum Gasteiger partial charge on any atom is 0.232 e. The molecule has 1 heterocycles. The highest BCUT2D eigenvalue weighted by Gasteiger charge is 2.14. The number of nitrogens with one attached hydrogen (secondary N) is 1. The van der Waals surface area contributed by atoms with E-state index in [2.05, 4.69) is 22.3 Å². The minimum Gasteiger partial charge on any atom is -0.355 e. The van der Waals surface area contributed by atoms with E-state index in [1.807, 2.05) is 25.1 Å². The topological polar surface area (TPSA) is 32.3 Å². The fraction of sp³-hybridized carbons (Fsp3) is 0.588. The fourth-order valence-corrected chi connectivity index (χ4v) is 3.40. The molecule has 1 amide bonds. The van der Waals surface area contributed by atoms with Crippen LogP contribution in [0.2, 0.25) is 0 Å². The lowest BCUT2D eigenvalue weighted by molar-refractivity contribution is -0.120. The van der Waals surface area contributed by atoms with Gasteiger partial charge in [0.2, 0.25) is 5.91 Å². The molecule has 0 spiro atoms. The van der Waals surface area contributed by atoms with Crippen molar-refractivity contribution in [2.75, 3.05) is 26.2 Å². The normalized spacial score (nSPS) is 16.8. The number of benzene rings is 1. The number of carbonyl (C=O) groups is 1. The summed E-state index contributed by atoms with van der Waals surface area (Å²) in [7, 11) is 0. The SMILES string of the molecule is CC(SCc1ccccc1)C(=O)NCCCN1CCCC1. The van der Waals surface area contributed by atoms with Crippen molar-refractivity contribution in [3.05, 3.63) is 35.9 Å². The molecule has 4 heteroatoms. The lowest BCUT2D eigenvalue weighted by atomic mass is 10.2. The van der Waals surface area contributed by atoms with Gasteiger partial charge in [0.05, 0.1) is 5.25 Å². The quantitative estimate of drug-likeness (QED) is 0.750. The monoisotopic (exact) mass is 306 g/mol. The van der Waals surface area contributed by atoms with Crippen LogP contribution < -0.4 is 5.32 Å². The Balaban J connectivity index is 1.56. The summed E-state index contributed by atoms with van der Waals surface area (Å²) in [6.45, 7) is 6.37. The molecule has 1 saturated heterocycles. The predicted octanol–water partition coefficient (Wildman–Crippen LogP) is 2.91. The van der Waals surface area contributed by atoms with Crippen LogP contribution in [0.1, 0.15) is 31.7 Å². The molecule has 1 atom stereocenters. The Bertz CT molecular complexity index is 418. The van der Waals surface area contributed by atoms with Gasteiger partial charge in [0.25, 0.3) is 0 Å². The molecule has 3 nitrogen and oxygen atoms in total. The Morgan fingerprint density at radius 1 is 1.29 bits per heavy atom. The van der Waals surface area contributed by atoms with Crippen LogP contribution in [0.15, 0.2) is 30.3 Å². The zero-order valence-electron chi connectivity index (χ0n) is 12.9. The van der Waals surface area contributed by atoms with Crippen LogP contribution in [0.25, 0.3) is 0 Å². The molecule has 1 aliphatic rings. The molecule has 1 fully saturated rings. The van der Waals surface area contributed by atoms with E-state index in [4.69, 9.17) is 0 Å². The van der Waals surface area contributed by atoms with Crippen molar-refractivity contribution in [1.29, 1.82) is 0 Å². The molecule has 21 heavy (non-hydrogen) atoms. The van der Waals surface area contributed by atoms with Gasteiger partial charge in [-0.3, -0.25) is 4.79 Å². The molecule has 0 saturated carbocycles. The second-order valence-corrected chi connectivity index (χ2v) is 6.96. The van der Waals surface area contributed by atoms with Crippen molar-refractivity contribution < 1.29 is 4.79 Å². The van der Waals surface area contributed by atoms with Crippen molar-refractivity contribution in [3.8, 4) is 0 Å². The van der Waals surface area contributed by atoms with E-state index in [0.29, 0.717) is 0 Å². The van der Waals surface area contributed by atoms with Gasteiger partial charge in [-0.25, -0.2) is 0 Å². The van der Waals surface area contributed by atoms with Crippen LogP contribution in [0.3, 0.4) is 0 Å². The average Bonchev–Trinajstić information content (AvgIpc) is 3.03. The Morgan fingerprint density at radius 2 is 2.00 bits per heavy atom. The van der Waals surface area contributed by atoms with E-state index in [9.17, 15) is 4.79 Å². The van der Waals surface area contributed by atoms with Crippen LogP contribution in [0.5, 0.6) is 0 Å². The third-order valence-corrected chi connectivity index (χ3v) is 5.08. The first-order valence-electron chi connectivity index (χ1n) is 7.91. The average molecular weight is 306 g/mol. The van der Waals surface area contributed by atoms with Gasteiger partial charge in [-0.05, 0) is 51.4 Å². The van der Waals surface area contributed by atoms with Crippen LogP contribution in [0, 0.1) is 0 Å². The number of hydrogen-bond donors (Lipinski definition) is 1. The number of hydrogen-bond acceptors (Lipinski definition) is 3. The Labute approximate surface area is 132 Å². The van der Waals surface area contributed by atoms with Crippen molar-refractivity contribution in [2.45, 2.75) is 37.2 Å². The molecule has 1 N–H and O–H groups in total. The molecule has 1 aromatic carbocycles. The summed E-state index contributed by atoms with van der Waals surface area (Å²) in [6, 6.07) is 10.3. The number of carbonyl (C=O) groups excluding carboxylic acids is 1. The van der Waals surface area contributed by atoms with E-state index >= 15 is 0 Å². The summed E-state index contributed by atoms with van der Waals surface area (Å²) in [5.41, 5.74) is 1.27. The Kier molecular flexibility index (Phi) is 7.10. The highest BCUT2D eigenvalue weighted by molar-refractivity contribution is 7.99. The van der Waals surface area contributed by atoms with Crippen LogP contribution in [0.4, 0.5) is 0 Å². The number of likely N-dealkylation sites (tertiary alicyclic amines) is 1. The van der Waals surface area contributed by atoms with E-state index in [-0.39, 0.29) is 11.2 Å². The predicted molar refractivity (Wildman–Crippen MR) is 90.5 cm³/mol. The van der Waals surface area contributed by atoms with E-state index in [1.54, 1.807) is 11.8 Å². The maximum atomic E-state index is 12.0. The summed E-state index contributed by atoms with van der Waals surface area (Å²) in [5.74, 6) is 1.06. The first-order valence-corrected chi connectivity index (χ1v) is 8.96. The van der Waals surface area contributed by atoms with Crippen molar-refractivity contribution >= 4 is 17.7 Å². The van der Waals surface area contributed by atoms with E-state index < -0.39 is 0 Å². The minimum absolute atomic E-state index is 0.0111. The maximum absolute atomic E-state index is 12.0. The lowest BCUT2D eigenvalue weighted by Gasteiger charge is -2.15. The molecule has 0 bridgehead atoms. The first kappa shape index (κ1) is 16.4. The van der Waals surface area contributed by atoms with Crippen LogP contribution >= 0.6 is 11.8 Å². The summed E-state index contributed by atoms with van der Waals surface area (Å²) in [6.07, 6.45) is 3.72. The first-order chi connectivity index (χ1) is 10.3. The standard InChI is InChI=1S/C17H26N2OS/c1-15(21-14-16-8-3-2-4-9-16)17(20)18-10-7-13-19-11-5-6-12-19/h2-4,8-9,15H,5-7,10-14H2,1H3,(H,18,20). The zero-order valence-corrected chi connectivity index (χ0v) is 13.7. The smallest absolute Gasteiger partial charge is 0.232 e. The molecule has 0 radical (unpaired) electrons. The van der Waals surface area contributed by atoms with E-state index in [1.165, 1.54) is 31.5 Å². The van der Waals surface area contributed by atoms with Gasteiger partial charge in [-0.15, -0.1) is 11.8 Å². The molecule has 2 rings (SSSR count). The zero-order chi connectivity index (χ0) is 14.9. The van der Waals surface area contributed by atoms with Crippen molar-refractivity contribution in [2.24, 2.45) is 0 Å². The van der Waals surface area contributed by atoms with Gasteiger partial charge in [0, 0.05) is 12.3 Å². The summed E-state index contributed by atoms with van der Waals surface area (Å²) in [4.78, 5) is 14.5. The lowest BCUT2D eigenvalue weighted by Crippen LogP contribution is -2.33. The van der Waals surface area contributed by atoms with Gasteiger partial charge >= 0.3 is 0 Å². The largest absolute Gasteiger partial charge is 0.355 e. The van der Waals surface area contributed by atoms with Crippen molar-refractivity contribution in [1.82, 2.24) is 10.2 Å². The summed E-state index contributed by atoms with van der Waals surface area (Å²) < 4.78 is 0. The van der Waals surface area contributed by atoms with Gasteiger partial charge in [0.15, 0.2) is 0 Å². The highest BCUT2D eigenvalue weighted by atomic mass is 32.2. The molecular formula is C17H26N2OS. The number of thioether (sulfide) groups is 1. The van der Waals surface area contributed by atoms with Gasteiger partial charge < -0.3 is 10.2 Å². The van der Waals surface area contributed by atoms with Crippen molar-refractivity contribution in [3.63, 3.8) is 0 Å². The summed E-state index contributed by atoms with van der Waals surface area (Å²) >= 11 is 1.70. The summed E-state index contributed by atoms with van der Waals surface area (Å²) in [5, 5.41) is 3.07. The minimum atomic E-state index is 0.0111. The van der Waals surface area contributed by atoms with Gasteiger partial charge in [0.1, 0.15) is 0 Å².